The van der Waals surface area contributed by atoms with Crippen LogP contribution < -0.4 is 5.32 Å². The van der Waals surface area contributed by atoms with Crippen molar-refractivity contribution in [2.45, 2.75) is 38.9 Å². The maximum Gasteiger partial charge on any atom is 0.389 e. The third-order valence-corrected chi connectivity index (χ3v) is 2.73. The molecule has 2 aromatic heterocycles. The van der Waals surface area contributed by atoms with Crippen LogP contribution >= 0.6 is 0 Å². The second kappa shape index (κ2) is 6.06. The number of anilines is 1. The maximum absolute atomic E-state index is 12.2. The summed E-state index contributed by atoms with van der Waals surface area (Å²) in [6.07, 6.45) is -3.84. The lowest BCUT2D eigenvalue weighted by atomic mass is 10.2. The van der Waals surface area contributed by atoms with Crippen LogP contribution in [-0.4, -0.2) is 31.3 Å². The zero-order valence-corrected chi connectivity index (χ0v) is 11.6. The zero-order valence-electron chi connectivity index (χ0n) is 11.6. The number of nitrogens with one attached hydrogen (secondary N) is 2. The molecule has 0 fully saturated rings. The van der Waals surface area contributed by atoms with Crippen molar-refractivity contribution in [3.8, 4) is 0 Å². The number of aromatic amines is 1. The summed E-state index contributed by atoms with van der Waals surface area (Å²) in [5.41, 5.74) is 0.336. The van der Waals surface area contributed by atoms with Gasteiger partial charge in [0.05, 0.1) is 6.04 Å². The van der Waals surface area contributed by atoms with Crippen molar-refractivity contribution in [2.24, 2.45) is 0 Å². The molecule has 0 aliphatic rings. The molecule has 0 amide bonds. The Kier molecular flexibility index (Phi) is 4.39. The fourth-order valence-corrected chi connectivity index (χ4v) is 1.69. The number of aryl methyl sites for hydroxylation is 2. The molecule has 0 spiro atoms. The van der Waals surface area contributed by atoms with Crippen LogP contribution in [0, 0.1) is 6.92 Å². The normalized spacial score (nSPS) is 13.2. The zero-order chi connectivity index (χ0) is 15.5. The number of nitrogens with zero attached hydrogens (tertiary/aromatic N) is 4. The topological polar surface area (TPSA) is 79.4 Å². The highest BCUT2D eigenvalue weighted by atomic mass is 19.4. The van der Waals surface area contributed by atoms with Gasteiger partial charge in [0.15, 0.2) is 5.82 Å². The summed E-state index contributed by atoms with van der Waals surface area (Å²) in [5.74, 6) is 1.47. The van der Waals surface area contributed by atoms with Gasteiger partial charge in [-0.3, -0.25) is 5.10 Å². The lowest BCUT2D eigenvalue weighted by molar-refractivity contribution is -0.134. The molecule has 1 atom stereocenters. The fraction of sp³-hybridized carbons (Fsp3) is 0.500. The lowest BCUT2D eigenvalue weighted by Crippen LogP contribution is -2.13. The van der Waals surface area contributed by atoms with Gasteiger partial charge in [0.2, 0.25) is 5.95 Å². The van der Waals surface area contributed by atoms with E-state index in [4.69, 9.17) is 0 Å². The number of aromatic nitrogens is 5. The average molecular weight is 300 g/mol. The van der Waals surface area contributed by atoms with Crippen LogP contribution in [0.15, 0.2) is 12.3 Å². The van der Waals surface area contributed by atoms with Gasteiger partial charge in [-0.15, -0.1) is 0 Å². The molecule has 1 unspecified atom stereocenters. The molecule has 0 aliphatic carbocycles. The molecule has 0 bridgehead atoms. The van der Waals surface area contributed by atoms with E-state index in [0.29, 0.717) is 17.3 Å². The standard InChI is InChI=1S/C12H15F3N6/c1-7(10-18-8(2)20-21-10)17-11-16-6-4-9(19-11)3-5-12(13,14)15/h4,6-7H,3,5H2,1-2H3,(H,16,17,19)(H,18,20,21). The maximum atomic E-state index is 12.2. The van der Waals surface area contributed by atoms with Gasteiger partial charge < -0.3 is 5.32 Å². The highest BCUT2D eigenvalue weighted by Gasteiger charge is 2.26. The van der Waals surface area contributed by atoms with Crippen LogP contribution in [0.2, 0.25) is 0 Å². The minimum atomic E-state index is -4.19. The molecule has 0 saturated carbocycles. The number of halogens is 3. The predicted octanol–water partition coefficient (Wildman–Crippen LogP) is 2.57. The van der Waals surface area contributed by atoms with Crippen LogP contribution in [0.3, 0.4) is 0 Å². The highest BCUT2D eigenvalue weighted by Crippen LogP contribution is 2.22. The van der Waals surface area contributed by atoms with Gasteiger partial charge in [0, 0.05) is 18.3 Å². The molecule has 2 rings (SSSR count). The smallest absolute Gasteiger partial charge is 0.344 e. The molecule has 2 aromatic rings. The first kappa shape index (κ1) is 15.2. The van der Waals surface area contributed by atoms with E-state index in [0.717, 1.165) is 0 Å². The van der Waals surface area contributed by atoms with Gasteiger partial charge in [-0.25, -0.2) is 15.0 Å². The first-order chi connectivity index (χ1) is 9.83. The van der Waals surface area contributed by atoms with Crippen LogP contribution in [0.5, 0.6) is 0 Å². The van der Waals surface area contributed by atoms with Crippen LogP contribution in [0.25, 0.3) is 0 Å². The molecule has 21 heavy (non-hydrogen) atoms. The Morgan fingerprint density at radius 1 is 1.33 bits per heavy atom. The summed E-state index contributed by atoms with van der Waals surface area (Å²) in [4.78, 5) is 12.2. The van der Waals surface area contributed by atoms with Crippen molar-refractivity contribution >= 4 is 5.95 Å². The van der Waals surface area contributed by atoms with Crippen molar-refractivity contribution in [1.29, 1.82) is 0 Å². The Labute approximate surface area is 119 Å². The Bertz CT molecular complexity index is 595. The molecule has 6 nitrogen and oxygen atoms in total. The van der Waals surface area contributed by atoms with E-state index in [1.807, 2.05) is 6.92 Å². The van der Waals surface area contributed by atoms with Crippen LogP contribution in [-0.2, 0) is 6.42 Å². The Hall–Kier alpha value is -2.19. The van der Waals surface area contributed by atoms with Gasteiger partial charge in [-0.2, -0.15) is 18.3 Å². The third kappa shape index (κ3) is 4.69. The minimum Gasteiger partial charge on any atom is -0.344 e. The first-order valence-corrected chi connectivity index (χ1v) is 6.37. The SMILES string of the molecule is Cc1nc(C(C)Nc2nccc(CCC(F)(F)F)n2)n[nH]1. The molecule has 2 N–H and O–H groups in total. The van der Waals surface area contributed by atoms with Gasteiger partial charge in [0.1, 0.15) is 5.82 Å². The van der Waals surface area contributed by atoms with Gasteiger partial charge in [0.25, 0.3) is 0 Å². The molecule has 0 saturated heterocycles. The molecular weight excluding hydrogens is 285 g/mol. The average Bonchev–Trinajstić information content (AvgIpc) is 2.83. The van der Waals surface area contributed by atoms with Crippen molar-refractivity contribution in [1.82, 2.24) is 25.1 Å². The van der Waals surface area contributed by atoms with E-state index < -0.39 is 12.6 Å². The predicted molar refractivity (Wildman–Crippen MR) is 69.6 cm³/mol. The number of hydrogen-bond donors (Lipinski definition) is 2. The van der Waals surface area contributed by atoms with E-state index in [1.165, 1.54) is 12.3 Å². The molecule has 114 valence electrons. The van der Waals surface area contributed by atoms with Crippen LogP contribution in [0.1, 0.15) is 36.7 Å². The molecule has 0 aliphatic heterocycles. The van der Waals surface area contributed by atoms with Crippen molar-refractivity contribution < 1.29 is 13.2 Å². The van der Waals surface area contributed by atoms with E-state index in [2.05, 4.69) is 30.5 Å². The largest absolute Gasteiger partial charge is 0.389 e. The van der Waals surface area contributed by atoms with Gasteiger partial charge in [-0.1, -0.05) is 0 Å². The van der Waals surface area contributed by atoms with Gasteiger partial charge in [-0.05, 0) is 26.3 Å². The van der Waals surface area contributed by atoms with Gasteiger partial charge >= 0.3 is 6.18 Å². The number of hydrogen-bond acceptors (Lipinski definition) is 5. The summed E-state index contributed by atoms with van der Waals surface area (Å²) >= 11 is 0. The van der Waals surface area contributed by atoms with Crippen molar-refractivity contribution in [3.63, 3.8) is 0 Å². The summed E-state index contributed by atoms with van der Waals surface area (Å²) < 4.78 is 36.6. The number of alkyl halides is 3. The number of H-pyrrole nitrogens is 1. The Morgan fingerprint density at radius 3 is 2.71 bits per heavy atom. The van der Waals surface area contributed by atoms with E-state index >= 15 is 0 Å². The molecule has 0 aromatic carbocycles. The second-order valence-corrected chi connectivity index (χ2v) is 4.63. The van der Waals surface area contributed by atoms with E-state index in [1.54, 1.807) is 6.92 Å². The summed E-state index contributed by atoms with van der Waals surface area (Å²) in [6.45, 7) is 3.59. The Morgan fingerprint density at radius 2 is 2.10 bits per heavy atom. The molecule has 2 heterocycles. The fourth-order valence-electron chi connectivity index (χ4n) is 1.69. The minimum absolute atomic E-state index is 0.172. The molecule has 9 heteroatoms. The van der Waals surface area contributed by atoms with Crippen LogP contribution in [0.4, 0.5) is 19.1 Å². The Balaban J connectivity index is 2.00. The monoisotopic (exact) mass is 300 g/mol. The first-order valence-electron chi connectivity index (χ1n) is 6.37. The number of rotatable bonds is 5. The summed E-state index contributed by atoms with van der Waals surface area (Å²) in [6, 6.07) is 1.21. The van der Waals surface area contributed by atoms with Crippen molar-refractivity contribution in [2.75, 3.05) is 5.32 Å². The highest BCUT2D eigenvalue weighted by molar-refractivity contribution is 5.28. The van der Waals surface area contributed by atoms with E-state index in [9.17, 15) is 13.2 Å². The van der Waals surface area contributed by atoms with E-state index in [-0.39, 0.29) is 18.4 Å². The molecular formula is C12H15F3N6. The second-order valence-electron chi connectivity index (χ2n) is 4.63. The molecule has 0 radical (unpaired) electrons. The lowest BCUT2D eigenvalue weighted by Gasteiger charge is -2.11. The summed E-state index contributed by atoms with van der Waals surface area (Å²) in [5, 5.41) is 9.68. The van der Waals surface area contributed by atoms with Crippen molar-refractivity contribution in [3.05, 3.63) is 29.6 Å². The third-order valence-electron chi connectivity index (χ3n) is 2.73. The summed E-state index contributed by atoms with van der Waals surface area (Å²) in [7, 11) is 0. The quantitative estimate of drug-likeness (QED) is 0.887.